The summed E-state index contributed by atoms with van der Waals surface area (Å²) < 4.78 is 2.10. The number of aromatic nitrogens is 3. The first-order chi connectivity index (χ1) is 10.0. The van der Waals surface area contributed by atoms with Crippen LogP contribution in [0.2, 0.25) is 0 Å². The van der Waals surface area contributed by atoms with Crippen LogP contribution in [-0.4, -0.2) is 31.6 Å². The van der Waals surface area contributed by atoms with Gasteiger partial charge in [-0.25, -0.2) is 0 Å². The van der Waals surface area contributed by atoms with Gasteiger partial charge in [-0.1, -0.05) is 29.0 Å². The van der Waals surface area contributed by atoms with Gasteiger partial charge in [0, 0.05) is 11.6 Å². The van der Waals surface area contributed by atoms with Crippen LogP contribution in [0.15, 0.2) is 23.4 Å². The van der Waals surface area contributed by atoms with Gasteiger partial charge in [-0.15, -0.1) is 10.2 Å². The summed E-state index contributed by atoms with van der Waals surface area (Å²) in [4.78, 5) is 10.8. The highest BCUT2D eigenvalue weighted by Gasteiger charge is 2.30. The van der Waals surface area contributed by atoms with Gasteiger partial charge >= 0.3 is 5.97 Å². The van der Waals surface area contributed by atoms with Gasteiger partial charge in [0.1, 0.15) is 0 Å². The average molecular weight is 303 g/mol. The average Bonchev–Trinajstić information content (AvgIpc) is 3.15. The number of carbonyl (C=O) groups is 1. The van der Waals surface area contributed by atoms with Crippen LogP contribution in [-0.2, 0) is 4.79 Å². The number of aliphatic carboxylic acids is 1. The molecule has 1 aliphatic carbocycles. The molecule has 0 unspecified atom stereocenters. The molecule has 1 aromatic carbocycles. The summed E-state index contributed by atoms with van der Waals surface area (Å²) in [6.07, 6.45) is 2.22. The summed E-state index contributed by atoms with van der Waals surface area (Å²) in [6, 6.07) is 6.73. The zero-order chi connectivity index (χ0) is 15.0. The Balaban J connectivity index is 2.00. The van der Waals surface area contributed by atoms with E-state index in [1.165, 1.54) is 22.9 Å². The Bertz CT molecular complexity index is 672. The molecule has 1 heterocycles. The number of thioether (sulfide) groups is 1. The number of nitrogens with zero attached hydrogens (tertiary/aromatic N) is 3. The van der Waals surface area contributed by atoms with Crippen LogP contribution in [0.4, 0.5) is 0 Å². The smallest absolute Gasteiger partial charge is 0.313 e. The second kappa shape index (κ2) is 5.52. The van der Waals surface area contributed by atoms with Crippen molar-refractivity contribution >= 4 is 17.7 Å². The Morgan fingerprint density at radius 3 is 2.52 bits per heavy atom. The molecule has 6 heteroatoms. The van der Waals surface area contributed by atoms with Crippen LogP contribution in [0.1, 0.15) is 30.0 Å². The van der Waals surface area contributed by atoms with E-state index in [1.54, 1.807) is 0 Å². The number of hydrogen-bond acceptors (Lipinski definition) is 4. The number of aryl methyl sites for hydroxylation is 2. The molecular formula is C15H17N3O2S. The third kappa shape index (κ3) is 3.10. The molecule has 21 heavy (non-hydrogen) atoms. The normalized spacial score (nSPS) is 14.4. The topological polar surface area (TPSA) is 68.0 Å². The maximum atomic E-state index is 10.8. The fourth-order valence-corrected chi connectivity index (χ4v) is 3.19. The molecule has 110 valence electrons. The molecule has 0 radical (unpaired) electrons. The lowest BCUT2D eigenvalue weighted by Crippen LogP contribution is -2.03. The molecule has 0 saturated heterocycles. The second-order valence-corrected chi connectivity index (χ2v) is 6.41. The van der Waals surface area contributed by atoms with E-state index in [0.717, 1.165) is 24.2 Å². The van der Waals surface area contributed by atoms with Gasteiger partial charge in [0.2, 0.25) is 0 Å². The molecule has 1 N–H and O–H groups in total. The van der Waals surface area contributed by atoms with Gasteiger partial charge in [0.15, 0.2) is 11.0 Å². The molecule has 0 aliphatic heterocycles. The van der Waals surface area contributed by atoms with E-state index in [9.17, 15) is 4.79 Å². The Morgan fingerprint density at radius 2 is 1.95 bits per heavy atom. The predicted molar refractivity (Wildman–Crippen MR) is 81.6 cm³/mol. The third-order valence-electron chi connectivity index (χ3n) is 3.38. The highest BCUT2D eigenvalue weighted by atomic mass is 32.2. The van der Waals surface area contributed by atoms with Crippen molar-refractivity contribution in [1.82, 2.24) is 14.8 Å². The van der Waals surface area contributed by atoms with Gasteiger partial charge in [-0.2, -0.15) is 0 Å². The lowest BCUT2D eigenvalue weighted by atomic mass is 10.1. The van der Waals surface area contributed by atoms with Crippen molar-refractivity contribution in [1.29, 1.82) is 0 Å². The van der Waals surface area contributed by atoms with Crippen molar-refractivity contribution in [2.45, 2.75) is 37.9 Å². The van der Waals surface area contributed by atoms with Crippen LogP contribution in [0.25, 0.3) is 11.4 Å². The van der Waals surface area contributed by atoms with Crippen LogP contribution in [0, 0.1) is 13.8 Å². The van der Waals surface area contributed by atoms with Gasteiger partial charge in [-0.3, -0.25) is 9.36 Å². The summed E-state index contributed by atoms with van der Waals surface area (Å²) in [6.45, 7) is 4.13. The first-order valence-electron chi connectivity index (χ1n) is 6.93. The molecule has 1 aromatic heterocycles. The molecule has 1 fully saturated rings. The summed E-state index contributed by atoms with van der Waals surface area (Å²) >= 11 is 1.24. The number of hydrogen-bond donors (Lipinski definition) is 1. The van der Waals surface area contributed by atoms with Crippen LogP contribution in [0.3, 0.4) is 0 Å². The summed E-state index contributed by atoms with van der Waals surface area (Å²) in [7, 11) is 0. The maximum absolute atomic E-state index is 10.8. The Kier molecular flexibility index (Phi) is 3.71. The van der Waals surface area contributed by atoms with E-state index in [1.807, 2.05) is 0 Å². The first-order valence-corrected chi connectivity index (χ1v) is 7.91. The lowest BCUT2D eigenvalue weighted by molar-refractivity contribution is -0.133. The minimum absolute atomic E-state index is 0.0116. The number of rotatable bonds is 5. The van der Waals surface area contributed by atoms with Crippen molar-refractivity contribution in [2.24, 2.45) is 0 Å². The molecule has 1 aliphatic rings. The van der Waals surface area contributed by atoms with Gasteiger partial charge in [-0.05, 0) is 38.8 Å². The van der Waals surface area contributed by atoms with Crippen molar-refractivity contribution < 1.29 is 9.90 Å². The van der Waals surface area contributed by atoms with Crippen molar-refractivity contribution in [3.8, 4) is 11.4 Å². The predicted octanol–water partition coefficient (Wildman–Crippen LogP) is 3.07. The molecular weight excluding hydrogens is 286 g/mol. The monoisotopic (exact) mass is 303 g/mol. The summed E-state index contributed by atoms with van der Waals surface area (Å²) in [5, 5.41) is 18.0. The number of benzene rings is 1. The number of carboxylic acids is 1. The minimum Gasteiger partial charge on any atom is -0.481 e. The van der Waals surface area contributed by atoms with Gasteiger partial charge < -0.3 is 5.11 Å². The Labute approximate surface area is 127 Å². The van der Waals surface area contributed by atoms with Gasteiger partial charge in [0.05, 0.1) is 5.75 Å². The summed E-state index contributed by atoms with van der Waals surface area (Å²) in [5.41, 5.74) is 3.43. The Hall–Kier alpha value is -1.82. The molecule has 0 bridgehead atoms. The van der Waals surface area contributed by atoms with E-state index in [-0.39, 0.29) is 5.75 Å². The highest BCUT2D eigenvalue weighted by Crippen LogP contribution is 2.41. The first kappa shape index (κ1) is 14.1. The SMILES string of the molecule is Cc1cc(C)cc(-c2nnc(SCC(=O)O)n2C2CC2)c1. The van der Waals surface area contributed by atoms with E-state index >= 15 is 0 Å². The van der Waals surface area contributed by atoms with E-state index in [4.69, 9.17) is 5.11 Å². The molecule has 5 nitrogen and oxygen atoms in total. The second-order valence-electron chi connectivity index (χ2n) is 5.47. The van der Waals surface area contributed by atoms with E-state index in [0.29, 0.717) is 11.2 Å². The largest absolute Gasteiger partial charge is 0.481 e. The number of carboxylic acid groups (broad SMARTS) is 1. The van der Waals surface area contributed by atoms with Gasteiger partial charge in [0.25, 0.3) is 0 Å². The highest BCUT2D eigenvalue weighted by molar-refractivity contribution is 7.99. The molecule has 1 saturated carbocycles. The van der Waals surface area contributed by atoms with E-state index < -0.39 is 5.97 Å². The Morgan fingerprint density at radius 1 is 1.29 bits per heavy atom. The fraction of sp³-hybridized carbons (Fsp3) is 0.400. The minimum atomic E-state index is -0.835. The van der Waals surface area contributed by atoms with Crippen molar-refractivity contribution in [3.05, 3.63) is 29.3 Å². The van der Waals surface area contributed by atoms with Crippen LogP contribution >= 0.6 is 11.8 Å². The third-order valence-corrected chi connectivity index (χ3v) is 4.31. The molecule has 3 rings (SSSR count). The molecule has 0 atom stereocenters. The zero-order valence-corrected chi connectivity index (χ0v) is 12.9. The quantitative estimate of drug-likeness (QED) is 0.860. The maximum Gasteiger partial charge on any atom is 0.313 e. The zero-order valence-electron chi connectivity index (χ0n) is 12.0. The van der Waals surface area contributed by atoms with Crippen LogP contribution < -0.4 is 0 Å². The summed E-state index contributed by atoms with van der Waals surface area (Å²) in [5.74, 6) is 0.0213. The van der Waals surface area contributed by atoms with E-state index in [2.05, 4.69) is 46.8 Å². The van der Waals surface area contributed by atoms with Crippen LogP contribution in [0.5, 0.6) is 0 Å². The standard InChI is InChI=1S/C15H17N3O2S/c1-9-5-10(2)7-11(6-9)14-16-17-15(21-8-13(19)20)18(14)12-3-4-12/h5-7,12H,3-4,8H2,1-2H3,(H,19,20). The van der Waals surface area contributed by atoms with Crippen molar-refractivity contribution in [2.75, 3.05) is 5.75 Å². The molecule has 0 amide bonds. The lowest BCUT2D eigenvalue weighted by Gasteiger charge is -2.09. The van der Waals surface area contributed by atoms with Crippen molar-refractivity contribution in [3.63, 3.8) is 0 Å². The molecule has 0 spiro atoms. The fourth-order valence-electron chi connectivity index (χ4n) is 2.46. The molecule has 2 aromatic rings.